The molecule has 2 aromatic rings. The number of aliphatic hydroxyl groups is 1. The second-order valence-corrected chi connectivity index (χ2v) is 5.71. The van der Waals surface area contributed by atoms with Crippen molar-refractivity contribution in [1.29, 1.82) is 0 Å². The van der Waals surface area contributed by atoms with Gasteiger partial charge in [-0.15, -0.1) is 0 Å². The van der Waals surface area contributed by atoms with Crippen LogP contribution in [-0.2, 0) is 6.42 Å². The highest BCUT2D eigenvalue weighted by atomic mass is 32.2. The van der Waals surface area contributed by atoms with E-state index in [4.69, 9.17) is 0 Å². The Balaban J connectivity index is 2.13. The Labute approximate surface area is 112 Å². The summed E-state index contributed by atoms with van der Waals surface area (Å²) in [4.78, 5) is 2.37. The van der Waals surface area contributed by atoms with E-state index in [1.165, 1.54) is 15.4 Å². The lowest BCUT2D eigenvalue weighted by Crippen LogP contribution is -2.10. The van der Waals surface area contributed by atoms with Crippen molar-refractivity contribution in [2.75, 3.05) is 0 Å². The summed E-state index contributed by atoms with van der Waals surface area (Å²) >= 11 is 1.77. The van der Waals surface area contributed by atoms with Gasteiger partial charge in [-0.2, -0.15) is 0 Å². The largest absolute Gasteiger partial charge is 0.384 e. The average molecular weight is 256 g/mol. The third-order valence-corrected chi connectivity index (χ3v) is 4.55. The van der Waals surface area contributed by atoms with Crippen molar-refractivity contribution in [2.45, 2.75) is 35.7 Å². The van der Waals surface area contributed by atoms with E-state index in [0.29, 0.717) is 0 Å². The summed E-state index contributed by atoms with van der Waals surface area (Å²) in [6.07, 6.45) is 1.67. The molecule has 1 N–H and O–H groups in total. The van der Waals surface area contributed by atoms with Crippen molar-refractivity contribution in [1.82, 2.24) is 0 Å². The summed E-state index contributed by atoms with van der Waals surface area (Å²) in [6.45, 7) is 2.18. The molecule has 18 heavy (non-hydrogen) atoms. The monoisotopic (exact) mass is 256 g/mol. The van der Waals surface area contributed by atoms with Crippen molar-refractivity contribution in [3.63, 3.8) is 0 Å². The predicted molar refractivity (Wildman–Crippen MR) is 75.1 cm³/mol. The number of fused-ring (bicyclic) bond motifs is 2. The maximum absolute atomic E-state index is 10.6. The van der Waals surface area contributed by atoms with Gasteiger partial charge in [-0.1, -0.05) is 55.4 Å². The lowest BCUT2D eigenvalue weighted by atomic mass is 9.94. The number of rotatable bonds is 2. The minimum atomic E-state index is -0.472. The molecule has 1 aliphatic heterocycles. The van der Waals surface area contributed by atoms with Crippen LogP contribution in [0.1, 0.15) is 36.1 Å². The molecule has 0 amide bonds. The topological polar surface area (TPSA) is 20.2 Å². The highest BCUT2D eigenvalue weighted by molar-refractivity contribution is 7.99. The maximum atomic E-state index is 10.6. The Kier molecular flexibility index (Phi) is 3.14. The van der Waals surface area contributed by atoms with E-state index in [9.17, 15) is 5.11 Å². The van der Waals surface area contributed by atoms with Crippen molar-refractivity contribution in [2.24, 2.45) is 0 Å². The number of aryl methyl sites for hydroxylation is 1. The third kappa shape index (κ3) is 1.86. The van der Waals surface area contributed by atoms with Crippen LogP contribution < -0.4 is 0 Å². The lowest BCUT2D eigenvalue weighted by molar-refractivity contribution is 0.212. The number of hydrogen-bond donors (Lipinski definition) is 1. The molecule has 0 fully saturated rings. The van der Waals surface area contributed by atoms with Crippen LogP contribution in [0.5, 0.6) is 0 Å². The van der Waals surface area contributed by atoms with E-state index in [2.05, 4.69) is 31.2 Å². The van der Waals surface area contributed by atoms with Crippen LogP contribution in [0.3, 0.4) is 0 Å². The van der Waals surface area contributed by atoms with Crippen LogP contribution in [0.25, 0.3) is 0 Å². The first-order valence-electron chi connectivity index (χ1n) is 6.38. The smallest absolute Gasteiger partial charge is 0.106 e. The Morgan fingerprint density at radius 2 is 1.83 bits per heavy atom. The van der Waals surface area contributed by atoms with Crippen molar-refractivity contribution in [3.05, 3.63) is 59.2 Å². The fraction of sp³-hybridized carbons (Fsp3) is 0.250. The van der Waals surface area contributed by atoms with E-state index in [1.807, 2.05) is 18.2 Å². The summed E-state index contributed by atoms with van der Waals surface area (Å²) in [6, 6.07) is 14.5. The molecule has 0 bridgehead atoms. The number of hydrogen-bond acceptors (Lipinski definition) is 2. The minimum absolute atomic E-state index is 0.472. The molecule has 0 saturated heterocycles. The molecule has 0 aromatic heterocycles. The summed E-state index contributed by atoms with van der Waals surface area (Å²) in [5, 5.41) is 10.6. The number of aliphatic hydroxyl groups excluding tert-OH is 1. The molecule has 0 saturated carbocycles. The molecule has 0 spiro atoms. The van der Waals surface area contributed by atoms with Gasteiger partial charge in [0.25, 0.3) is 0 Å². The van der Waals surface area contributed by atoms with Gasteiger partial charge in [-0.3, -0.25) is 0 Å². The quantitative estimate of drug-likeness (QED) is 0.869. The molecule has 2 aromatic carbocycles. The van der Waals surface area contributed by atoms with Crippen molar-refractivity contribution < 1.29 is 5.11 Å². The lowest BCUT2D eigenvalue weighted by Gasteiger charge is -2.26. The van der Waals surface area contributed by atoms with Gasteiger partial charge in [0.05, 0.1) is 0 Å². The molecule has 1 nitrogen and oxygen atoms in total. The first kappa shape index (κ1) is 11.8. The van der Waals surface area contributed by atoms with Gasteiger partial charge in [0.1, 0.15) is 6.10 Å². The Bertz CT molecular complexity index is 577. The van der Waals surface area contributed by atoms with E-state index in [1.54, 1.807) is 11.8 Å². The molecule has 3 rings (SSSR count). The zero-order chi connectivity index (χ0) is 12.5. The van der Waals surface area contributed by atoms with Crippen LogP contribution in [0.2, 0.25) is 0 Å². The van der Waals surface area contributed by atoms with Crippen LogP contribution in [0.15, 0.2) is 52.3 Å². The summed E-state index contributed by atoms with van der Waals surface area (Å²) < 4.78 is 0. The highest BCUT2D eigenvalue weighted by Crippen LogP contribution is 2.45. The van der Waals surface area contributed by atoms with E-state index < -0.39 is 6.10 Å². The van der Waals surface area contributed by atoms with Crippen LogP contribution in [0.4, 0.5) is 0 Å². The summed E-state index contributed by atoms with van der Waals surface area (Å²) in [5.74, 6) is 0. The summed E-state index contributed by atoms with van der Waals surface area (Å²) in [7, 11) is 0. The third-order valence-electron chi connectivity index (χ3n) is 3.38. The van der Waals surface area contributed by atoms with Gasteiger partial charge in [0.2, 0.25) is 0 Å². The molecule has 1 aliphatic rings. The van der Waals surface area contributed by atoms with Gasteiger partial charge >= 0.3 is 0 Å². The average Bonchev–Trinajstić information content (AvgIpc) is 2.39. The van der Waals surface area contributed by atoms with Gasteiger partial charge in [-0.25, -0.2) is 0 Å². The fourth-order valence-electron chi connectivity index (χ4n) is 2.55. The van der Waals surface area contributed by atoms with Crippen molar-refractivity contribution >= 4 is 11.8 Å². The Morgan fingerprint density at radius 1 is 1.06 bits per heavy atom. The first-order valence-corrected chi connectivity index (χ1v) is 7.19. The van der Waals surface area contributed by atoms with Crippen molar-refractivity contribution in [3.8, 4) is 0 Å². The molecule has 2 heteroatoms. The van der Waals surface area contributed by atoms with Gasteiger partial charge < -0.3 is 5.11 Å². The molecule has 1 atom stereocenters. The van der Waals surface area contributed by atoms with Crippen LogP contribution in [0, 0.1) is 0 Å². The molecular formula is C16H16OS. The molecule has 1 heterocycles. The van der Waals surface area contributed by atoms with Gasteiger partial charge in [0.15, 0.2) is 0 Å². The molecule has 92 valence electrons. The van der Waals surface area contributed by atoms with Crippen LogP contribution >= 0.6 is 11.8 Å². The second-order valence-electron chi connectivity index (χ2n) is 4.62. The molecule has 0 aliphatic carbocycles. The standard InChI is InChI=1S/C16H16OS/c1-2-6-11-7-5-10-14-15(11)16(17)12-8-3-4-9-13(12)18-14/h3-5,7-10,16-17H,2,6H2,1H3. The maximum Gasteiger partial charge on any atom is 0.106 e. The Hall–Kier alpha value is -1.25. The molecule has 1 unspecified atom stereocenters. The molecule has 0 radical (unpaired) electrons. The zero-order valence-electron chi connectivity index (χ0n) is 10.4. The summed E-state index contributed by atoms with van der Waals surface area (Å²) in [5.41, 5.74) is 3.44. The minimum Gasteiger partial charge on any atom is -0.384 e. The van der Waals surface area contributed by atoms with Crippen LogP contribution in [-0.4, -0.2) is 5.11 Å². The van der Waals surface area contributed by atoms with Gasteiger partial charge in [0, 0.05) is 15.4 Å². The van der Waals surface area contributed by atoms with Gasteiger partial charge in [-0.05, 0) is 29.7 Å². The van der Waals surface area contributed by atoms with E-state index >= 15 is 0 Å². The highest BCUT2D eigenvalue weighted by Gasteiger charge is 2.25. The SMILES string of the molecule is CCCc1cccc2c1C(O)c1ccccc1S2. The first-order chi connectivity index (χ1) is 8.81. The Morgan fingerprint density at radius 3 is 2.67 bits per heavy atom. The normalized spacial score (nSPS) is 17.1. The fourth-order valence-corrected chi connectivity index (χ4v) is 3.73. The number of benzene rings is 2. The van der Waals surface area contributed by atoms with E-state index in [0.717, 1.165) is 24.0 Å². The molecular weight excluding hydrogens is 240 g/mol. The second kappa shape index (κ2) is 4.79. The zero-order valence-corrected chi connectivity index (χ0v) is 11.2. The van der Waals surface area contributed by atoms with E-state index in [-0.39, 0.29) is 0 Å². The predicted octanol–water partition coefficient (Wildman–Crippen LogP) is 4.19.